The van der Waals surface area contributed by atoms with Crippen LogP contribution in [-0.4, -0.2) is 26.0 Å². The van der Waals surface area contributed by atoms with Crippen LogP contribution < -0.4 is 9.46 Å². The molecule has 7 nitrogen and oxygen atoms in total. The van der Waals surface area contributed by atoms with E-state index in [2.05, 4.69) is 0 Å². The molecule has 0 saturated heterocycles. The van der Waals surface area contributed by atoms with Crippen LogP contribution >= 0.6 is 0 Å². The van der Waals surface area contributed by atoms with Crippen molar-refractivity contribution in [1.29, 1.82) is 5.26 Å². The predicted octanol–water partition coefficient (Wildman–Crippen LogP) is 1.33. The van der Waals surface area contributed by atoms with Crippen LogP contribution in [0.4, 0.5) is 0 Å². The van der Waals surface area contributed by atoms with E-state index in [9.17, 15) is 13.2 Å². The molecule has 1 N–H and O–H groups in total. The molecule has 0 saturated carbocycles. The summed E-state index contributed by atoms with van der Waals surface area (Å²) in [5, 5.41) is 8.82. The smallest absolute Gasteiger partial charge is 0.281 e. The summed E-state index contributed by atoms with van der Waals surface area (Å²) in [7, 11) is -0.979. The van der Waals surface area contributed by atoms with Crippen molar-refractivity contribution >= 4 is 15.9 Å². The lowest BCUT2D eigenvalue weighted by atomic mass is 10.2. The molecule has 1 aromatic carbocycles. The van der Waals surface area contributed by atoms with E-state index >= 15 is 0 Å². The number of nitrogens with zero attached hydrogens (tertiary/aromatic N) is 2. The van der Waals surface area contributed by atoms with Gasteiger partial charge in [0, 0.05) is 13.2 Å². The largest absolute Gasteiger partial charge is 0.496 e. The molecule has 0 fully saturated rings. The molecule has 0 atom stereocenters. The Morgan fingerprint density at radius 2 is 2.04 bits per heavy atom. The predicted molar refractivity (Wildman–Crippen MR) is 82.5 cm³/mol. The second-order valence-corrected chi connectivity index (χ2v) is 6.59. The van der Waals surface area contributed by atoms with Gasteiger partial charge in [-0.15, -0.1) is 0 Å². The average molecular weight is 333 g/mol. The quantitative estimate of drug-likeness (QED) is 0.909. The number of hydrogen-bond acceptors (Lipinski definition) is 5. The minimum atomic E-state index is -4.02. The fraction of sp³-hybridized carbons (Fsp3) is 0.200. The second-order valence-electron chi connectivity index (χ2n) is 4.90. The number of nitriles is 1. The van der Waals surface area contributed by atoms with Crippen molar-refractivity contribution in [3.05, 3.63) is 47.3 Å². The number of methoxy groups -OCH3 is 1. The normalized spacial score (nSPS) is 10.9. The van der Waals surface area contributed by atoms with E-state index in [4.69, 9.17) is 10.00 Å². The van der Waals surface area contributed by atoms with Gasteiger partial charge in [-0.2, -0.15) is 5.26 Å². The van der Waals surface area contributed by atoms with Gasteiger partial charge in [0.05, 0.1) is 17.6 Å². The van der Waals surface area contributed by atoms with Gasteiger partial charge in [-0.25, -0.2) is 13.1 Å². The number of sulfonamides is 1. The molecule has 120 valence electrons. The van der Waals surface area contributed by atoms with E-state index < -0.39 is 15.9 Å². The SMILES string of the molecule is COc1ccc(S(=O)(=O)NC(=O)c2cc(C#N)cn2C)cc1C. The van der Waals surface area contributed by atoms with Crippen LogP contribution in [0.1, 0.15) is 21.6 Å². The molecule has 1 heterocycles. The lowest BCUT2D eigenvalue weighted by Gasteiger charge is -2.10. The number of carbonyl (C=O) groups is 1. The van der Waals surface area contributed by atoms with Crippen LogP contribution in [0.3, 0.4) is 0 Å². The molecule has 0 bridgehead atoms. The van der Waals surface area contributed by atoms with Gasteiger partial charge >= 0.3 is 0 Å². The lowest BCUT2D eigenvalue weighted by Crippen LogP contribution is -2.31. The van der Waals surface area contributed by atoms with E-state index in [0.29, 0.717) is 11.3 Å². The third-order valence-electron chi connectivity index (χ3n) is 3.27. The molecule has 0 unspecified atom stereocenters. The first-order valence-corrected chi connectivity index (χ1v) is 8.05. The van der Waals surface area contributed by atoms with Crippen LogP contribution in [0.5, 0.6) is 5.75 Å². The number of ether oxygens (including phenoxy) is 1. The van der Waals surface area contributed by atoms with Crippen LogP contribution in [0.2, 0.25) is 0 Å². The first-order chi connectivity index (χ1) is 10.8. The Balaban J connectivity index is 2.30. The Labute approximate surface area is 134 Å². The zero-order chi connectivity index (χ0) is 17.2. The van der Waals surface area contributed by atoms with E-state index in [0.717, 1.165) is 0 Å². The fourth-order valence-corrected chi connectivity index (χ4v) is 3.15. The minimum absolute atomic E-state index is 0.0427. The number of rotatable bonds is 4. The van der Waals surface area contributed by atoms with Crippen molar-refractivity contribution in [3.8, 4) is 11.8 Å². The maximum atomic E-state index is 12.3. The molecular weight excluding hydrogens is 318 g/mol. The molecule has 0 spiro atoms. The summed E-state index contributed by atoms with van der Waals surface area (Å²) >= 11 is 0. The van der Waals surface area contributed by atoms with Crippen molar-refractivity contribution in [2.75, 3.05) is 7.11 Å². The zero-order valence-corrected chi connectivity index (χ0v) is 13.6. The summed E-state index contributed by atoms with van der Waals surface area (Å²) < 4.78 is 33.1. The third kappa shape index (κ3) is 3.35. The standard InChI is InChI=1S/C15H15N3O4S/c1-10-6-12(4-5-14(10)22-3)23(20,21)17-15(19)13-7-11(8-16)9-18(13)2/h4-7,9H,1-3H3,(H,17,19). The van der Waals surface area contributed by atoms with E-state index in [-0.39, 0.29) is 16.2 Å². The first-order valence-electron chi connectivity index (χ1n) is 6.56. The van der Waals surface area contributed by atoms with Gasteiger partial charge in [0.2, 0.25) is 0 Å². The highest BCUT2D eigenvalue weighted by molar-refractivity contribution is 7.90. The molecule has 8 heteroatoms. The summed E-state index contributed by atoms with van der Waals surface area (Å²) in [5.41, 5.74) is 0.985. The number of aryl methyl sites for hydroxylation is 2. The number of hydrogen-bond donors (Lipinski definition) is 1. The maximum absolute atomic E-state index is 12.3. The van der Waals surface area contributed by atoms with Gasteiger partial charge in [0.1, 0.15) is 17.5 Å². The number of aromatic nitrogens is 1. The number of benzene rings is 1. The van der Waals surface area contributed by atoms with Crippen molar-refractivity contribution in [3.63, 3.8) is 0 Å². The topological polar surface area (TPSA) is 101 Å². The number of amides is 1. The maximum Gasteiger partial charge on any atom is 0.281 e. The van der Waals surface area contributed by atoms with Crippen LogP contribution in [0.25, 0.3) is 0 Å². The van der Waals surface area contributed by atoms with Gasteiger partial charge in [-0.1, -0.05) is 0 Å². The molecule has 1 aromatic heterocycles. The molecule has 0 radical (unpaired) electrons. The fourth-order valence-electron chi connectivity index (χ4n) is 2.10. The van der Waals surface area contributed by atoms with Crippen molar-refractivity contribution < 1.29 is 17.9 Å². The second kappa shape index (κ2) is 6.14. The van der Waals surface area contributed by atoms with Gasteiger partial charge in [-0.3, -0.25) is 4.79 Å². The lowest BCUT2D eigenvalue weighted by molar-refractivity contribution is 0.0973. The van der Waals surface area contributed by atoms with Crippen molar-refractivity contribution in [1.82, 2.24) is 9.29 Å². The van der Waals surface area contributed by atoms with Crippen molar-refractivity contribution in [2.45, 2.75) is 11.8 Å². The van der Waals surface area contributed by atoms with E-state index in [1.165, 1.54) is 42.1 Å². The van der Waals surface area contributed by atoms with E-state index in [1.54, 1.807) is 14.0 Å². The van der Waals surface area contributed by atoms with Gasteiger partial charge in [-0.05, 0) is 36.8 Å². The van der Waals surface area contributed by atoms with Gasteiger partial charge in [0.25, 0.3) is 15.9 Å². The summed E-state index contributed by atoms with van der Waals surface area (Å²) in [6, 6.07) is 7.51. The third-order valence-corrected chi connectivity index (χ3v) is 4.60. The Morgan fingerprint density at radius 3 is 2.57 bits per heavy atom. The highest BCUT2D eigenvalue weighted by Crippen LogP contribution is 2.21. The van der Waals surface area contributed by atoms with Gasteiger partial charge < -0.3 is 9.30 Å². The number of carbonyl (C=O) groups excluding carboxylic acids is 1. The molecule has 23 heavy (non-hydrogen) atoms. The van der Waals surface area contributed by atoms with Crippen LogP contribution in [0, 0.1) is 18.3 Å². The molecule has 0 aliphatic heterocycles. The Kier molecular flexibility index (Phi) is 4.43. The van der Waals surface area contributed by atoms with Crippen molar-refractivity contribution in [2.24, 2.45) is 7.05 Å². The number of nitrogens with one attached hydrogen (secondary N) is 1. The molecule has 0 aliphatic carbocycles. The highest BCUT2D eigenvalue weighted by Gasteiger charge is 2.21. The average Bonchev–Trinajstić information content (AvgIpc) is 2.88. The summed E-state index contributed by atoms with van der Waals surface area (Å²) in [6.07, 6.45) is 1.44. The van der Waals surface area contributed by atoms with E-state index in [1.807, 2.05) is 10.8 Å². The molecule has 2 rings (SSSR count). The molecule has 1 amide bonds. The Hall–Kier alpha value is -2.79. The zero-order valence-electron chi connectivity index (χ0n) is 12.8. The van der Waals surface area contributed by atoms with Crippen LogP contribution in [0.15, 0.2) is 35.4 Å². The summed E-state index contributed by atoms with van der Waals surface area (Å²) in [6.45, 7) is 1.70. The Bertz CT molecular complexity index is 907. The monoisotopic (exact) mass is 333 g/mol. The first kappa shape index (κ1) is 16.6. The summed E-state index contributed by atoms with van der Waals surface area (Å²) in [5.74, 6) is -0.251. The Morgan fingerprint density at radius 1 is 1.35 bits per heavy atom. The minimum Gasteiger partial charge on any atom is -0.496 e. The van der Waals surface area contributed by atoms with Crippen LogP contribution in [-0.2, 0) is 17.1 Å². The molecular formula is C15H15N3O4S. The summed E-state index contributed by atoms with van der Waals surface area (Å²) in [4.78, 5) is 12.1. The van der Waals surface area contributed by atoms with Gasteiger partial charge in [0.15, 0.2) is 0 Å². The molecule has 0 aliphatic rings. The highest BCUT2D eigenvalue weighted by atomic mass is 32.2. The molecule has 2 aromatic rings.